The lowest BCUT2D eigenvalue weighted by Gasteiger charge is -2.49. The number of aliphatic hydroxyl groups is 1. The zero-order valence-corrected chi connectivity index (χ0v) is 43.2. The van der Waals surface area contributed by atoms with E-state index in [0.29, 0.717) is 34.8 Å². The molecule has 0 saturated carbocycles. The van der Waals surface area contributed by atoms with Crippen LogP contribution in [-0.2, 0) is 66.7 Å². The first-order valence-electron chi connectivity index (χ1n) is 24.0. The first-order valence-corrected chi connectivity index (χ1v) is 24.0. The van der Waals surface area contributed by atoms with E-state index >= 15 is 0 Å². The minimum absolute atomic E-state index is 0.0134. The molecule has 0 aromatic rings. The molecule has 6 aliphatic rings. The van der Waals surface area contributed by atoms with Crippen molar-refractivity contribution in [1.82, 2.24) is 5.32 Å². The number of allylic oxidation sites excluding steroid dienone is 4. The van der Waals surface area contributed by atoms with E-state index in [2.05, 4.69) is 5.32 Å². The number of carbonyl (C=O) groups excluding carboxylic acids is 7. The van der Waals surface area contributed by atoms with Crippen LogP contribution in [-0.4, -0.2) is 130 Å². The van der Waals surface area contributed by atoms with E-state index < -0.39 is 110 Å². The van der Waals surface area contributed by atoms with Gasteiger partial charge in [0.2, 0.25) is 5.72 Å². The average molecular weight is 981 g/mol. The Morgan fingerprint density at radius 1 is 0.729 bits per heavy atom. The van der Waals surface area contributed by atoms with Crippen LogP contribution in [0.3, 0.4) is 0 Å². The molecule has 6 heterocycles. The van der Waals surface area contributed by atoms with Gasteiger partial charge in [-0.1, -0.05) is 34.6 Å². The average Bonchev–Trinajstić information content (AvgIpc) is 3.99. The van der Waals surface area contributed by atoms with Crippen LogP contribution in [0.5, 0.6) is 0 Å². The van der Waals surface area contributed by atoms with Crippen molar-refractivity contribution < 1.29 is 71.8 Å². The highest BCUT2D eigenvalue weighted by molar-refractivity contribution is 6.09. The Morgan fingerprint density at radius 2 is 1.24 bits per heavy atom. The summed E-state index contributed by atoms with van der Waals surface area (Å²) in [5, 5.41) is 17.5. The zero-order valence-electron chi connectivity index (χ0n) is 43.2. The third-order valence-corrected chi connectivity index (χ3v) is 17.6. The molecule has 70 heavy (non-hydrogen) atoms. The van der Waals surface area contributed by atoms with Crippen LogP contribution in [0.4, 0.5) is 0 Å². The summed E-state index contributed by atoms with van der Waals surface area (Å²) >= 11 is 0. The second-order valence-corrected chi connectivity index (χ2v) is 21.4. The van der Waals surface area contributed by atoms with Crippen molar-refractivity contribution in [3.63, 3.8) is 0 Å². The van der Waals surface area contributed by atoms with E-state index in [1.54, 1.807) is 0 Å². The quantitative estimate of drug-likeness (QED) is 0.151. The van der Waals surface area contributed by atoms with Gasteiger partial charge >= 0.3 is 41.8 Å². The minimum atomic E-state index is -2.27. The molecule has 386 valence electrons. The maximum Gasteiger partial charge on any atom is 0.308 e. The van der Waals surface area contributed by atoms with E-state index in [1.807, 2.05) is 54.5 Å². The SMILES string of the molecule is COC(=O)CC[C@@H]1C2=C(C)C3=NC([C@H](CC(=O)OC)[C@@]3(C)CCC(=O)OC)[C@]3(C)N=C([C@@H](CCC(=O)OC)[C@]3(C)CC(=O)OC)[C@@](C)(O)C34NC(=CC(=N2)C1(C)C)[C@@H](CCC(=O)OC)C3(C)CC(=O)O4. The second-order valence-electron chi connectivity index (χ2n) is 21.4. The van der Waals surface area contributed by atoms with Gasteiger partial charge < -0.3 is 43.6 Å². The highest BCUT2D eigenvalue weighted by Gasteiger charge is 2.78. The Hall–Kier alpha value is -5.46. The molecule has 0 radical (unpaired) electrons. The van der Waals surface area contributed by atoms with Gasteiger partial charge in [-0.15, -0.1) is 0 Å². The molecule has 0 aromatic heterocycles. The van der Waals surface area contributed by atoms with Crippen molar-refractivity contribution in [2.75, 3.05) is 42.7 Å². The topological polar surface area (TPSA) is 253 Å². The third-order valence-electron chi connectivity index (χ3n) is 17.6. The number of ether oxygens (including phenoxy) is 7. The number of aliphatic imine (C=N–C) groups is 3. The summed E-state index contributed by atoms with van der Waals surface area (Å²) in [6, 6.07) is -1.02. The zero-order chi connectivity index (χ0) is 52.2. The van der Waals surface area contributed by atoms with Crippen LogP contribution in [0, 0.1) is 45.3 Å². The standard InChI is InChI=1S/C51H72N4O15/c1-27-41-29(16-19-35(57)65-10)45(2,3)33(52-41)24-32-28(15-18-34(56)64-9)48(6)26-40(62)70-51(48,54-32)50(8,63)44-30(17-20-36(58)66-11)47(5,25-39(61)69-14)49(7,55-44)43-31(23-38(60)68-13)46(4,42(27)53-43)22-21-37(59)67-12/h24,28-31,43,54,63H,15-23,25-26H2,1-14H3/t28-,29-,30-,31+,43?,46-,47+,48?,49+,50-,51?/m1/s1. The highest BCUT2D eigenvalue weighted by atomic mass is 16.6. The monoisotopic (exact) mass is 980 g/mol. The summed E-state index contributed by atoms with van der Waals surface area (Å²) < 4.78 is 37.8. The van der Waals surface area contributed by atoms with Gasteiger partial charge in [0.15, 0.2) is 5.60 Å². The molecule has 8 bridgehead atoms. The minimum Gasteiger partial charge on any atom is -0.469 e. The van der Waals surface area contributed by atoms with Gasteiger partial charge in [0.25, 0.3) is 0 Å². The van der Waals surface area contributed by atoms with Crippen molar-refractivity contribution in [1.29, 1.82) is 0 Å². The first-order chi connectivity index (χ1) is 32.7. The van der Waals surface area contributed by atoms with Crippen LogP contribution in [0.1, 0.15) is 126 Å². The van der Waals surface area contributed by atoms with Gasteiger partial charge in [0.05, 0.1) is 79.2 Å². The number of nitrogens with one attached hydrogen (secondary N) is 1. The van der Waals surface area contributed by atoms with Gasteiger partial charge in [-0.25, -0.2) is 0 Å². The van der Waals surface area contributed by atoms with Gasteiger partial charge in [0.1, 0.15) is 0 Å². The molecule has 6 rings (SSSR count). The predicted octanol–water partition coefficient (Wildman–Crippen LogP) is 5.10. The fourth-order valence-electron chi connectivity index (χ4n) is 13.2. The number of nitrogens with zero attached hydrogens (tertiary/aromatic N) is 3. The molecule has 0 amide bonds. The van der Waals surface area contributed by atoms with Crippen LogP contribution in [0.15, 0.2) is 38.0 Å². The van der Waals surface area contributed by atoms with Crippen LogP contribution >= 0.6 is 0 Å². The molecule has 2 saturated heterocycles. The Bertz CT molecular complexity index is 2370. The summed E-state index contributed by atoms with van der Waals surface area (Å²) in [6.07, 6.45) is 1.40. The van der Waals surface area contributed by atoms with Crippen molar-refractivity contribution in [2.24, 2.45) is 60.3 Å². The summed E-state index contributed by atoms with van der Waals surface area (Å²) in [4.78, 5) is 111. The molecule has 11 atom stereocenters. The molecule has 0 aromatic carbocycles. The molecular weight excluding hydrogens is 909 g/mol. The molecule has 1 spiro atoms. The van der Waals surface area contributed by atoms with Gasteiger partial charge in [-0.2, -0.15) is 0 Å². The van der Waals surface area contributed by atoms with E-state index in [4.69, 9.17) is 48.1 Å². The number of fused-ring (bicyclic) bond motifs is 5. The molecule has 2 N–H and O–H groups in total. The first kappa shape index (κ1) is 53.9. The maximum absolute atomic E-state index is 14.1. The lowest BCUT2D eigenvalue weighted by Crippen LogP contribution is -2.69. The fraction of sp³-hybridized carbons (Fsp3) is 0.725. The second kappa shape index (κ2) is 19.3. The smallest absolute Gasteiger partial charge is 0.308 e. The highest BCUT2D eigenvalue weighted by Crippen LogP contribution is 2.66. The molecular formula is C51H72N4O15. The summed E-state index contributed by atoms with van der Waals surface area (Å²) in [5.41, 5.74) is -7.58. The molecule has 0 aliphatic carbocycles. The van der Waals surface area contributed by atoms with Crippen LogP contribution in [0.25, 0.3) is 0 Å². The third kappa shape index (κ3) is 8.44. The van der Waals surface area contributed by atoms with Crippen molar-refractivity contribution in [3.05, 3.63) is 23.0 Å². The summed E-state index contributed by atoms with van der Waals surface area (Å²) in [5.74, 6) is -6.73. The molecule has 19 heteroatoms. The number of hydrogen-bond donors (Lipinski definition) is 2. The number of rotatable bonds is 16. The predicted molar refractivity (Wildman–Crippen MR) is 253 cm³/mol. The van der Waals surface area contributed by atoms with Crippen molar-refractivity contribution in [3.8, 4) is 0 Å². The Balaban J connectivity index is 1.81. The molecule has 19 nitrogen and oxygen atoms in total. The van der Waals surface area contributed by atoms with E-state index in [0.717, 1.165) is 0 Å². The Kier molecular flexibility index (Phi) is 14.8. The van der Waals surface area contributed by atoms with Crippen molar-refractivity contribution >= 4 is 58.9 Å². The van der Waals surface area contributed by atoms with E-state index in [-0.39, 0.29) is 69.9 Å². The number of esters is 7. The van der Waals surface area contributed by atoms with E-state index in [9.17, 15) is 38.7 Å². The lowest BCUT2D eigenvalue weighted by atomic mass is 9.54. The van der Waals surface area contributed by atoms with Crippen LogP contribution in [0.2, 0.25) is 0 Å². The van der Waals surface area contributed by atoms with Crippen molar-refractivity contribution in [2.45, 2.75) is 149 Å². The van der Waals surface area contributed by atoms with Gasteiger partial charge in [-0.05, 0) is 58.1 Å². The normalized spacial score (nSPS) is 35.6. The summed E-state index contributed by atoms with van der Waals surface area (Å²) in [7, 11) is 7.69. The van der Waals surface area contributed by atoms with E-state index in [1.165, 1.54) is 49.6 Å². The van der Waals surface area contributed by atoms with Gasteiger partial charge in [0, 0.05) is 93.8 Å². The number of carbonyl (C=O) groups is 7. The Morgan fingerprint density at radius 3 is 1.79 bits per heavy atom. The van der Waals surface area contributed by atoms with Crippen LogP contribution < -0.4 is 5.32 Å². The Labute approximate surface area is 410 Å². The molecule has 2 fully saturated rings. The largest absolute Gasteiger partial charge is 0.469 e. The lowest BCUT2D eigenvalue weighted by molar-refractivity contribution is -0.183. The summed E-state index contributed by atoms with van der Waals surface area (Å²) in [6.45, 7) is 14.8. The number of hydrogen-bond acceptors (Lipinski definition) is 19. The molecule has 6 aliphatic heterocycles. The fourth-order valence-corrected chi connectivity index (χ4v) is 13.2. The van der Waals surface area contributed by atoms with Gasteiger partial charge in [-0.3, -0.25) is 48.5 Å². The maximum atomic E-state index is 14.1. The molecule has 3 unspecified atom stereocenters. The number of methoxy groups -OCH3 is 6.